The number of amides is 1. The molecule has 5 rings (SSSR count). The third-order valence-corrected chi connectivity index (χ3v) is 8.17. The van der Waals surface area contributed by atoms with Gasteiger partial charge in [-0.2, -0.15) is 0 Å². The minimum absolute atomic E-state index is 0.135. The van der Waals surface area contributed by atoms with Gasteiger partial charge in [0.1, 0.15) is 5.75 Å². The number of methoxy groups -OCH3 is 1. The summed E-state index contributed by atoms with van der Waals surface area (Å²) >= 11 is 13.0. The van der Waals surface area contributed by atoms with Crippen molar-refractivity contribution in [2.75, 3.05) is 29.3 Å². The first-order valence-electron chi connectivity index (χ1n) is 12.7. The molecule has 2 aromatic carbocycles. The Morgan fingerprint density at radius 1 is 1.21 bits per heavy atom. The molecule has 39 heavy (non-hydrogen) atoms. The van der Waals surface area contributed by atoms with E-state index in [1.807, 2.05) is 41.3 Å². The Hall–Kier alpha value is -3.62. The first-order valence-corrected chi connectivity index (χ1v) is 13.5. The van der Waals surface area contributed by atoms with Gasteiger partial charge in [-0.05, 0) is 86.6 Å². The maximum Gasteiger partial charge on any atom is 0.221 e. The molecular weight excluding hydrogens is 530 g/mol. The number of hydrogen-bond acceptors (Lipinski definition) is 5. The second-order valence-corrected chi connectivity index (χ2v) is 11.3. The number of benzene rings is 2. The Kier molecular flexibility index (Phi) is 7.03. The third-order valence-electron chi connectivity index (χ3n) is 7.52. The molecule has 1 amide bonds. The second-order valence-electron chi connectivity index (χ2n) is 10.5. The number of carbonyl (C=O) groups excluding carboxylic acids is 1. The highest BCUT2D eigenvalue weighted by Crippen LogP contribution is 2.48. The fraction of sp³-hybridized carbons (Fsp3) is 0.300. The second kappa shape index (κ2) is 10.2. The van der Waals surface area contributed by atoms with E-state index in [1.54, 1.807) is 13.3 Å². The van der Waals surface area contributed by atoms with Crippen LogP contribution >= 0.6 is 23.8 Å². The number of rotatable bonds is 5. The van der Waals surface area contributed by atoms with Crippen molar-refractivity contribution in [3.05, 3.63) is 82.6 Å². The maximum atomic E-state index is 11.9. The van der Waals surface area contributed by atoms with Gasteiger partial charge in [0, 0.05) is 42.1 Å². The fourth-order valence-electron chi connectivity index (χ4n) is 5.50. The van der Waals surface area contributed by atoms with Crippen LogP contribution in [0.15, 0.2) is 60.8 Å². The molecule has 0 bridgehead atoms. The van der Waals surface area contributed by atoms with Crippen LogP contribution in [-0.2, 0) is 4.79 Å². The summed E-state index contributed by atoms with van der Waals surface area (Å²) in [5, 5.41) is 7.53. The highest BCUT2D eigenvalue weighted by atomic mass is 35.5. The molecule has 1 fully saturated rings. The smallest absolute Gasteiger partial charge is 0.221 e. The van der Waals surface area contributed by atoms with Crippen molar-refractivity contribution in [3.8, 4) is 5.75 Å². The van der Waals surface area contributed by atoms with Gasteiger partial charge in [0.05, 0.1) is 36.1 Å². The molecule has 2 aliphatic heterocycles. The molecule has 3 heterocycles. The quantitative estimate of drug-likeness (QED) is 0.344. The zero-order chi connectivity index (χ0) is 28.1. The number of fused-ring (bicyclic) bond motifs is 1. The Morgan fingerprint density at radius 3 is 2.64 bits per heavy atom. The summed E-state index contributed by atoms with van der Waals surface area (Å²) in [6.07, 6.45) is 4.06. The van der Waals surface area contributed by atoms with E-state index in [0.29, 0.717) is 21.6 Å². The number of hydrogen-bond donors (Lipinski definition) is 2. The summed E-state index contributed by atoms with van der Waals surface area (Å²) < 4.78 is 5.49. The molecule has 0 saturated carbocycles. The molecule has 1 aromatic heterocycles. The lowest BCUT2D eigenvalue weighted by molar-refractivity contribution is -0.114. The van der Waals surface area contributed by atoms with E-state index in [1.165, 1.54) is 12.5 Å². The van der Waals surface area contributed by atoms with Crippen molar-refractivity contribution < 1.29 is 9.53 Å². The van der Waals surface area contributed by atoms with E-state index in [9.17, 15) is 4.79 Å². The monoisotopic (exact) mass is 561 g/mol. The first kappa shape index (κ1) is 27.0. The average Bonchev–Trinajstić information content (AvgIpc) is 3.23. The van der Waals surface area contributed by atoms with E-state index in [-0.39, 0.29) is 23.5 Å². The number of ether oxygens (including phenoxy) is 1. The maximum absolute atomic E-state index is 11.9. The zero-order valence-electron chi connectivity index (χ0n) is 22.9. The van der Waals surface area contributed by atoms with E-state index in [4.69, 9.17) is 28.6 Å². The van der Waals surface area contributed by atoms with E-state index >= 15 is 0 Å². The number of halogens is 1. The van der Waals surface area contributed by atoms with E-state index < -0.39 is 0 Å². The van der Waals surface area contributed by atoms with Crippen molar-refractivity contribution >= 4 is 57.5 Å². The molecule has 2 aliphatic rings. The van der Waals surface area contributed by atoms with Gasteiger partial charge in [-0.1, -0.05) is 23.7 Å². The molecule has 2 atom stereocenters. The number of aromatic nitrogens is 1. The van der Waals surface area contributed by atoms with Crippen LogP contribution in [0.5, 0.6) is 5.75 Å². The SMILES string of the molecule is COc1ccc(N2C(=S)N[C@H](c3ccccn3)[C@@H]2c2cc3c(cc2Cl)N(C)C(C)(C)C=C3C)cc1NC(C)=O. The van der Waals surface area contributed by atoms with Crippen LogP contribution in [0, 0.1) is 0 Å². The number of allylic oxidation sites excluding steroid dienone is 1. The number of carbonyl (C=O) groups is 1. The van der Waals surface area contributed by atoms with Gasteiger partial charge < -0.3 is 25.2 Å². The summed E-state index contributed by atoms with van der Waals surface area (Å²) in [4.78, 5) is 20.9. The molecule has 9 heteroatoms. The van der Waals surface area contributed by atoms with Crippen molar-refractivity contribution in [1.29, 1.82) is 0 Å². The number of likely N-dealkylation sites (N-methyl/N-ethyl adjacent to an activating group) is 1. The fourth-order valence-corrected chi connectivity index (χ4v) is 6.11. The lowest BCUT2D eigenvalue weighted by atomic mass is 9.86. The largest absolute Gasteiger partial charge is 0.495 e. The van der Waals surface area contributed by atoms with Crippen LogP contribution < -0.4 is 25.2 Å². The highest BCUT2D eigenvalue weighted by Gasteiger charge is 2.43. The Balaban J connectivity index is 1.70. The van der Waals surface area contributed by atoms with Crippen LogP contribution in [0.4, 0.5) is 17.1 Å². The van der Waals surface area contributed by atoms with Crippen LogP contribution in [0.3, 0.4) is 0 Å². The molecular formula is C30H32ClN5O2S. The van der Waals surface area contributed by atoms with Gasteiger partial charge >= 0.3 is 0 Å². The molecule has 1 saturated heterocycles. The van der Waals surface area contributed by atoms with Gasteiger partial charge in [-0.3, -0.25) is 9.78 Å². The van der Waals surface area contributed by atoms with Crippen molar-refractivity contribution in [1.82, 2.24) is 10.3 Å². The lowest BCUT2D eigenvalue weighted by Gasteiger charge is -2.41. The Labute approximate surface area is 239 Å². The molecule has 0 spiro atoms. The van der Waals surface area contributed by atoms with Crippen molar-refractivity contribution in [2.24, 2.45) is 0 Å². The van der Waals surface area contributed by atoms with Gasteiger partial charge in [0.2, 0.25) is 5.91 Å². The zero-order valence-corrected chi connectivity index (χ0v) is 24.4. The summed E-state index contributed by atoms with van der Waals surface area (Å²) in [6, 6.07) is 15.1. The van der Waals surface area contributed by atoms with Crippen LogP contribution in [0.1, 0.15) is 56.6 Å². The van der Waals surface area contributed by atoms with Crippen LogP contribution in [-0.4, -0.2) is 35.7 Å². The molecule has 3 aromatic rings. The summed E-state index contributed by atoms with van der Waals surface area (Å²) in [7, 11) is 3.66. The standard InChI is InChI=1S/C30H32ClN5O2S/c1-17-16-30(3,4)35(5)25-15-22(31)21(14-20(17)25)28-27(23-9-7-8-12-32-23)34-29(39)36(28)19-10-11-26(38-6)24(13-19)33-18(2)37/h7-16,27-28H,1-6H3,(H,33,37)(H,34,39)/t27-,28+/m1/s1. The van der Waals surface area contributed by atoms with Crippen molar-refractivity contribution in [2.45, 2.75) is 45.3 Å². The van der Waals surface area contributed by atoms with Gasteiger partial charge in [-0.25, -0.2) is 0 Å². The number of thiocarbonyl (C=S) groups is 1. The summed E-state index contributed by atoms with van der Waals surface area (Å²) in [5.41, 5.74) is 6.40. The van der Waals surface area contributed by atoms with Gasteiger partial charge in [0.25, 0.3) is 0 Å². The van der Waals surface area contributed by atoms with Crippen molar-refractivity contribution in [3.63, 3.8) is 0 Å². The van der Waals surface area contributed by atoms with E-state index in [2.05, 4.69) is 66.5 Å². The number of anilines is 3. The molecule has 202 valence electrons. The topological polar surface area (TPSA) is 69.7 Å². The van der Waals surface area contributed by atoms with E-state index in [0.717, 1.165) is 28.2 Å². The highest BCUT2D eigenvalue weighted by molar-refractivity contribution is 7.80. The summed E-state index contributed by atoms with van der Waals surface area (Å²) in [6.45, 7) is 7.99. The minimum Gasteiger partial charge on any atom is -0.495 e. The van der Waals surface area contributed by atoms with Crippen LogP contribution in [0.2, 0.25) is 5.02 Å². The Morgan fingerprint density at radius 2 is 1.97 bits per heavy atom. The third kappa shape index (κ3) is 4.83. The lowest BCUT2D eigenvalue weighted by Crippen LogP contribution is -2.42. The Bertz CT molecular complexity index is 1490. The predicted octanol–water partition coefficient (Wildman–Crippen LogP) is 6.51. The van der Waals surface area contributed by atoms with Gasteiger partial charge in [0.15, 0.2) is 5.11 Å². The molecule has 0 radical (unpaired) electrons. The van der Waals surface area contributed by atoms with Crippen LogP contribution in [0.25, 0.3) is 5.57 Å². The molecule has 7 nitrogen and oxygen atoms in total. The number of nitrogens with one attached hydrogen (secondary N) is 2. The molecule has 2 N–H and O–H groups in total. The first-order chi connectivity index (χ1) is 18.5. The average molecular weight is 562 g/mol. The minimum atomic E-state index is -0.309. The molecule has 0 aliphatic carbocycles. The molecule has 0 unspecified atom stereocenters. The summed E-state index contributed by atoms with van der Waals surface area (Å²) in [5.74, 6) is 0.366. The number of pyridine rings is 1. The predicted molar refractivity (Wildman–Crippen MR) is 163 cm³/mol. The number of nitrogens with zero attached hydrogens (tertiary/aromatic N) is 3. The van der Waals surface area contributed by atoms with Gasteiger partial charge in [-0.15, -0.1) is 0 Å². The normalized spacial score (nSPS) is 19.8.